The van der Waals surface area contributed by atoms with Crippen molar-refractivity contribution in [1.29, 1.82) is 0 Å². The maximum Gasteiger partial charge on any atom is 0.459 e. The number of ether oxygens (including phenoxy) is 3. The third-order valence-electron chi connectivity index (χ3n) is 5.93. The number of nitrogens with one attached hydrogen (secondary N) is 1. The first-order chi connectivity index (χ1) is 19.2. The monoisotopic (exact) mass is 597 g/mol. The van der Waals surface area contributed by atoms with E-state index < -0.39 is 62.3 Å². The molecule has 0 spiro atoms. The quantitative estimate of drug-likeness (QED) is 0.198. The Labute approximate surface area is 238 Å². The van der Waals surface area contributed by atoms with Gasteiger partial charge in [0.25, 0.3) is 0 Å². The standard InChI is InChI=1S/C27H37FN3O9P/c1-17(2)13-15-36-22-12-14-31(26(34)29-22)25-27(6,28)23(32)21(39-25)16-37-41(35,40-20-10-8-7-9-11-20)30-19(5)24(33)38-18(3)4/h7-14,18-19,21,23,25,32H,15-16H2,1-6H3,(H,30,35)/t19-,21+,23+,25+,27+,41-/m0/s1. The molecule has 0 bridgehead atoms. The van der Waals surface area contributed by atoms with Crippen LogP contribution in [0.1, 0.15) is 47.8 Å². The van der Waals surface area contributed by atoms with Gasteiger partial charge < -0.3 is 23.8 Å². The number of carbonyl (C=O) groups excluding carboxylic acids is 1. The molecular weight excluding hydrogens is 560 g/mol. The van der Waals surface area contributed by atoms with Gasteiger partial charge in [0.15, 0.2) is 11.9 Å². The van der Waals surface area contributed by atoms with Crippen molar-refractivity contribution in [2.75, 3.05) is 13.2 Å². The van der Waals surface area contributed by atoms with E-state index in [1.165, 1.54) is 31.3 Å². The highest BCUT2D eigenvalue weighted by Gasteiger charge is 2.56. The minimum atomic E-state index is -4.31. The summed E-state index contributed by atoms with van der Waals surface area (Å²) in [6, 6.07) is 8.32. The van der Waals surface area contributed by atoms with Gasteiger partial charge in [-0.25, -0.2) is 13.8 Å². The molecule has 0 aliphatic carbocycles. The van der Waals surface area contributed by atoms with Gasteiger partial charge in [0, 0.05) is 12.3 Å². The molecule has 226 valence electrons. The molecule has 41 heavy (non-hydrogen) atoms. The number of aliphatic hydroxyl groups is 1. The van der Waals surface area contributed by atoms with E-state index in [0.29, 0.717) is 0 Å². The molecule has 2 aromatic rings. The molecule has 3 rings (SSSR count). The summed E-state index contributed by atoms with van der Waals surface area (Å²) in [5.41, 5.74) is -2.30. The molecule has 1 aromatic heterocycles. The van der Waals surface area contributed by atoms with E-state index in [0.717, 1.165) is 17.1 Å². The number of alkyl halides is 1. The van der Waals surface area contributed by atoms with Crippen molar-refractivity contribution in [3.05, 3.63) is 64.7 Å². The predicted molar refractivity (Wildman–Crippen MR) is 147 cm³/mol. The Morgan fingerprint density at radius 2 is 1.95 bits per heavy atom. The topological polar surface area (TPSA) is 147 Å². The largest absolute Gasteiger partial charge is 0.473 e. The SMILES string of the molecule is CC(C)=CCOc1ccn([C@@H]2O[C@H](CO[P@@](=O)(N[C@@H](C)C(=O)OC(C)C)Oc3ccccc3)[C@@H](O)[C@@]2(C)F)c(=O)n1. The van der Waals surface area contributed by atoms with Gasteiger partial charge in [-0.05, 0) is 59.8 Å². The van der Waals surface area contributed by atoms with Crippen molar-refractivity contribution in [3.63, 3.8) is 0 Å². The Morgan fingerprint density at radius 1 is 1.27 bits per heavy atom. The van der Waals surface area contributed by atoms with Crippen LogP contribution in [-0.4, -0.2) is 63.9 Å². The number of hydrogen-bond donors (Lipinski definition) is 2. The summed E-state index contributed by atoms with van der Waals surface area (Å²) in [5.74, 6) is -0.495. The second kappa shape index (κ2) is 13.7. The summed E-state index contributed by atoms with van der Waals surface area (Å²) >= 11 is 0. The fourth-order valence-electron chi connectivity index (χ4n) is 3.81. The lowest BCUT2D eigenvalue weighted by molar-refractivity contribution is -0.149. The highest BCUT2D eigenvalue weighted by atomic mass is 31.2. The van der Waals surface area contributed by atoms with E-state index in [-0.39, 0.29) is 18.2 Å². The van der Waals surface area contributed by atoms with Crippen molar-refractivity contribution in [3.8, 4) is 11.6 Å². The molecule has 0 saturated carbocycles. The van der Waals surface area contributed by atoms with Crippen molar-refractivity contribution in [2.24, 2.45) is 0 Å². The maximum absolute atomic E-state index is 15.7. The molecule has 12 nitrogen and oxygen atoms in total. The van der Waals surface area contributed by atoms with Crippen LogP contribution < -0.4 is 20.0 Å². The van der Waals surface area contributed by atoms with Gasteiger partial charge >= 0.3 is 19.4 Å². The van der Waals surface area contributed by atoms with E-state index in [9.17, 15) is 19.3 Å². The van der Waals surface area contributed by atoms with Crippen LogP contribution in [0.5, 0.6) is 11.6 Å². The van der Waals surface area contributed by atoms with E-state index in [4.69, 9.17) is 23.3 Å². The molecular formula is C27H37FN3O9P. The number of hydrogen-bond acceptors (Lipinski definition) is 10. The normalized spacial score (nSPS) is 24.4. The van der Waals surface area contributed by atoms with E-state index in [2.05, 4.69) is 10.1 Å². The summed E-state index contributed by atoms with van der Waals surface area (Å²) < 4.78 is 57.7. The van der Waals surface area contributed by atoms with Gasteiger partial charge in [0.1, 0.15) is 30.6 Å². The number of benzene rings is 1. The van der Waals surface area contributed by atoms with Gasteiger partial charge in [-0.1, -0.05) is 23.8 Å². The first kappa shape index (κ1) is 32.4. The molecule has 1 aromatic carbocycles. The Bertz CT molecular complexity index is 1310. The molecule has 0 unspecified atom stereocenters. The lowest BCUT2D eigenvalue weighted by Crippen LogP contribution is -2.43. The van der Waals surface area contributed by atoms with Crippen molar-refractivity contribution < 1.29 is 42.1 Å². The van der Waals surface area contributed by atoms with Crippen molar-refractivity contribution >= 4 is 13.7 Å². The van der Waals surface area contributed by atoms with E-state index >= 15 is 4.39 Å². The molecule has 2 N–H and O–H groups in total. The number of carbonyl (C=O) groups is 1. The van der Waals surface area contributed by atoms with Crippen LogP contribution in [-0.2, 0) is 23.4 Å². The molecule has 1 aliphatic heterocycles. The number of allylic oxidation sites excluding steroid dienone is 1. The van der Waals surface area contributed by atoms with E-state index in [1.807, 2.05) is 13.8 Å². The smallest absolute Gasteiger partial charge is 0.459 e. The Balaban J connectivity index is 1.77. The van der Waals surface area contributed by atoms with Gasteiger partial charge in [0.2, 0.25) is 5.88 Å². The number of rotatable bonds is 13. The molecule has 0 radical (unpaired) electrons. The lowest BCUT2D eigenvalue weighted by Gasteiger charge is -2.25. The number of aromatic nitrogens is 2. The molecule has 2 heterocycles. The third kappa shape index (κ3) is 8.70. The third-order valence-corrected chi connectivity index (χ3v) is 7.58. The minimum absolute atomic E-state index is 0.0397. The van der Waals surface area contributed by atoms with Crippen molar-refractivity contribution in [2.45, 2.75) is 77.8 Å². The average molecular weight is 598 g/mol. The first-order valence-corrected chi connectivity index (χ1v) is 14.6. The van der Waals surface area contributed by atoms with E-state index in [1.54, 1.807) is 38.1 Å². The zero-order valence-corrected chi connectivity index (χ0v) is 24.7. The van der Waals surface area contributed by atoms with Crippen LogP contribution in [0.3, 0.4) is 0 Å². The zero-order chi connectivity index (χ0) is 30.4. The molecule has 1 saturated heterocycles. The Morgan fingerprint density at radius 3 is 2.56 bits per heavy atom. The van der Waals surface area contributed by atoms with Crippen LogP contribution in [0.2, 0.25) is 0 Å². The number of para-hydroxylation sites is 1. The van der Waals surface area contributed by atoms with Crippen LogP contribution in [0, 0.1) is 0 Å². The number of nitrogens with zero attached hydrogens (tertiary/aromatic N) is 2. The molecule has 6 atom stereocenters. The highest BCUT2D eigenvalue weighted by molar-refractivity contribution is 7.52. The van der Waals surface area contributed by atoms with Gasteiger partial charge in [-0.2, -0.15) is 10.1 Å². The van der Waals surface area contributed by atoms with Crippen LogP contribution in [0.15, 0.2) is 59.0 Å². The summed E-state index contributed by atoms with van der Waals surface area (Å²) in [5, 5.41) is 13.3. The molecule has 1 aliphatic rings. The van der Waals surface area contributed by atoms with Crippen LogP contribution >= 0.6 is 7.75 Å². The summed E-state index contributed by atoms with van der Waals surface area (Å²) in [4.78, 5) is 28.8. The summed E-state index contributed by atoms with van der Waals surface area (Å²) in [6.45, 7) is 9.17. The number of esters is 1. The molecule has 0 amide bonds. The lowest BCUT2D eigenvalue weighted by atomic mass is 9.98. The fraction of sp³-hybridized carbons (Fsp3) is 0.519. The predicted octanol–water partition coefficient (Wildman–Crippen LogP) is 3.71. The Hall–Kier alpha value is -3.09. The van der Waals surface area contributed by atoms with Gasteiger partial charge in [-0.3, -0.25) is 13.9 Å². The van der Waals surface area contributed by atoms with Gasteiger partial charge in [0.05, 0.1) is 12.7 Å². The maximum atomic E-state index is 15.7. The minimum Gasteiger partial charge on any atom is -0.473 e. The summed E-state index contributed by atoms with van der Waals surface area (Å²) in [6.07, 6.45) is -2.11. The van der Waals surface area contributed by atoms with Gasteiger partial charge in [-0.15, -0.1) is 0 Å². The second-order valence-electron chi connectivity index (χ2n) is 10.2. The Kier molecular flexibility index (Phi) is 10.8. The van der Waals surface area contributed by atoms with Crippen LogP contribution in [0.4, 0.5) is 4.39 Å². The highest BCUT2D eigenvalue weighted by Crippen LogP contribution is 2.47. The second-order valence-corrected chi connectivity index (χ2v) is 11.9. The first-order valence-electron chi connectivity index (χ1n) is 13.1. The summed E-state index contributed by atoms with van der Waals surface area (Å²) in [7, 11) is -4.31. The van der Waals surface area contributed by atoms with Crippen molar-refractivity contribution in [1.82, 2.24) is 14.6 Å². The zero-order valence-electron chi connectivity index (χ0n) is 23.9. The number of aliphatic hydroxyl groups excluding tert-OH is 1. The fourth-order valence-corrected chi connectivity index (χ4v) is 5.31. The average Bonchev–Trinajstić information content (AvgIpc) is 3.11. The molecule has 14 heteroatoms. The number of halogens is 1. The molecule has 1 fully saturated rings. The van der Waals surface area contributed by atoms with Crippen LogP contribution in [0.25, 0.3) is 0 Å².